The third-order valence-corrected chi connectivity index (χ3v) is 4.93. The van der Waals surface area contributed by atoms with Gasteiger partial charge in [-0.15, -0.1) is 0 Å². The van der Waals surface area contributed by atoms with Crippen molar-refractivity contribution in [3.05, 3.63) is 0 Å². The number of rotatable bonds is 8. The Morgan fingerprint density at radius 1 is 0.955 bits per heavy atom. The summed E-state index contributed by atoms with van der Waals surface area (Å²) in [5.74, 6) is -8.09. The zero-order valence-corrected chi connectivity index (χ0v) is 12.3. The van der Waals surface area contributed by atoms with Crippen molar-refractivity contribution in [1.82, 2.24) is 4.72 Å². The first-order chi connectivity index (χ1) is 9.42. The van der Waals surface area contributed by atoms with Crippen LogP contribution in [-0.2, 0) is 31.2 Å². The van der Waals surface area contributed by atoms with E-state index in [9.17, 15) is 47.4 Å². The van der Waals surface area contributed by atoms with Gasteiger partial charge in [0.25, 0.3) is 10.0 Å². The highest BCUT2D eigenvalue weighted by atomic mass is 32.2. The fourth-order valence-electron chi connectivity index (χ4n) is 0.854. The minimum Gasteiger partial charge on any atom is -0.306 e. The van der Waals surface area contributed by atoms with Crippen molar-refractivity contribution in [3.8, 4) is 0 Å². The Morgan fingerprint density at radius 2 is 1.36 bits per heavy atom. The zero-order chi connectivity index (χ0) is 18.2. The van der Waals surface area contributed by atoms with E-state index in [1.807, 2.05) is 0 Å². The molecule has 0 amide bonds. The first kappa shape index (κ1) is 21.5. The second kappa shape index (κ2) is 6.19. The molecule has 22 heavy (non-hydrogen) atoms. The summed E-state index contributed by atoms with van der Waals surface area (Å²) in [7, 11) is -13.7. The Bertz CT molecular complexity index is 644. The summed E-state index contributed by atoms with van der Waals surface area (Å²) < 4.78 is 147. The molecule has 0 aromatic heterocycles. The van der Waals surface area contributed by atoms with E-state index in [1.54, 1.807) is 0 Å². The minimum absolute atomic E-state index is 0.640. The maximum atomic E-state index is 13.1. The molecule has 1 unspecified atom stereocenters. The summed E-state index contributed by atoms with van der Waals surface area (Å²) in [6.45, 7) is -1.31. The van der Waals surface area contributed by atoms with Crippen molar-refractivity contribution in [2.24, 2.45) is 0 Å². The molecule has 0 saturated heterocycles. The van der Waals surface area contributed by atoms with Crippen LogP contribution in [0.1, 0.15) is 0 Å². The molecule has 0 aliphatic heterocycles. The summed E-state index contributed by atoms with van der Waals surface area (Å²) in [5, 5.41) is -13.5. The average molecular weight is 403 g/mol. The number of halogens is 6. The van der Waals surface area contributed by atoms with Crippen LogP contribution in [0.4, 0.5) is 26.3 Å². The third kappa shape index (κ3) is 3.70. The van der Waals surface area contributed by atoms with Gasteiger partial charge in [0.05, 0.1) is 5.75 Å². The normalized spacial score (nSPS) is 16.5. The molecular formula is C5H7F6NO7S3. The van der Waals surface area contributed by atoms with E-state index in [4.69, 9.17) is 9.11 Å². The standard InChI is InChI=1S/C5H7F6NO7S3/c6-3(7,5(10,11)22(17,18)19)4(8,9)21(15,16)12-1-2-20(13)14/h12H,1-2H2,(H,13,14)(H,17,18,19). The third-order valence-electron chi connectivity index (χ3n) is 1.96. The molecule has 0 aromatic rings. The van der Waals surface area contributed by atoms with E-state index in [0.717, 1.165) is 0 Å². The molecule has 0 saturated carbocycles. The second-order valence-electron chi connectivity index (χ2n) is 3.51. The van der Waals surface area contributed by atoms with E-state index >= 15 is 0 Å². The van der Waals surface area contributed by atoms with Crippen molar-refractivity contribution in [2.75, 3.05) is 12.3 Å². The van der Waals surface area contributed by atoms with Crippen LogP contribution in [0, 0.1) is 0 Å². The molecule has 0 heterocycles. The van der Waals surface area contributed by atoms with Gasteiger partial charge in [0, 0.05) is 6.54 Å². The second-order valence-corrected chi connectivity index (χ2v) is 7.83. The lowest BCUT2D eigenvalue weighted by atomic mass is 10.3. The molecule has 0 aromatic carbocycles. The van der Waals surface area contributed by atoms with E-state index in [2.05, 4.69) is 0 Å². The highest BCUT2D eigenvalue weighted by Crippen LogP contribution is 2.50. The molecule has 134 valence electrons. The number of nitrogens with one attached hydrogen (secondary N) is 1. The highest BCUT2D eigenvalue weighted by molar-refractivity contribution is 7.91. The minimum atomic E-state index is -7.08. The summed E-state index contributed by atoms with van der Waals surface area (Å²) in [6, 6.07) is 0. The largest absolute Gasteiger partial charge is 0.439 e. The maximum absolute atomic E-state index is 13.1. The van der Waals surface area contributed by atoms with E-state index in [1.165, 1.54) is 0 Å². The Kier molecular flexibility index (Phi) is 6.05. The van der Waals surface area contributed by atoms with E-state index in [0.29, 0.717) is 4.72 Å². The number of sulfonamides is 1. The first-order valence-corrected chi connectivity index (χ1v) is 8.79. The highest BCUT2D eigenvalue weighted by Gasteiger charge is 2.82. The fraction of sp³-hybridized carbons (Fsp3) is 1.00. The molecule has 0 aliphatic carbocycles. The Balaban J connectivity index is 5.75. The summed E-state index contributed by atoms with van der Waals surface area (Å²) in [4.78, 5) is 0. The van der Waals surface area contributed by atoms with Crippen molar-refractivity contribution in [1.29, 1.82) is 0 Å². The lowest BCUT2D eigenvalue weighted by molar-refractivity contribution is -0.246. The predicted molar refractivity (Wildman–Crippen MR) is 59.0 cm³/mol. The van der Waals surface area contributed by atoms with Crippen molar-refractivity contribution in [3.63, 3.8) is 0 Å². The zero-order valence-electron chi connectivity index (χ0n) is 9.84. The smallest absolute Gasteiger partial charge is 0.306 e. The molecule has 0 aliphatic rings. The molecule has 8 nitrogen and oxygen atoms in total. The van der Waals surface area contributed by atoms with Gasteiger partial charge in [-0.25, -0.2) is 17.3 Å². The molecule has 0 fully saturated rings. The number of hydrogen-bond donors (Lipinski definition) is 3. The van der Waals surface area contributed by atoms with Gasteiger partial charge in [0.15, 0.2) is 11.1 Å². The van der Waals surface area contributed by atoms with Crippen LogP contribution in [-0.4, -0.2) is 58.9 Å². The van der Waals surface area contributed by atoms with E-state index < -0.39 is 60.0 Å². The lowest BCUT2D eigenvalue weighted by Gasteiger charge is -2.30. The molecular weight excluding hydrogens is 396 g/mol. The summed E-state index contributed by atoms with van der Waals surface area (Å²) >= 11 is -2.72. The quantitative estimate of drug-likeness (QED) is 0.291. The fourth-order valence-corrected chi connectivity index (χ4v) is 2.79. The molecule has 0 rings (SSSR count). The molecule has 3 N–H and O–H groups in total. The maximum Gasteiger partial charge on any atom is 0.439 e. The van der Waals surface area contributed by atoms with Gasteiger partial charge in [-0.2, -0.15) is 34.8 Å². The van der Waals surface area contributed by atoms with Gasteiger partial charge >= 0.3 is 26.5 Å². The summed E-state index contributed by atoms with van der Waals surface area (Å²) in [6.07, 6.45) is 0. The average Bonchev–Trinajstić information content (AvgIpc) is 2.25. The molecule has 0 bridgehead atoms. The van der Waals surface area contributed by atoms with Crippen LogP contribution in [0.25, 0.3) is 0 Å². The van der Waals surface area contributed by atoms with E-state index in [-0.39, 0.29) is 0 Å². The molecule has 0 radical (unpaired) electrons. The Morgan fingerprint density at radius 3 is 1.68 bits per heavy atom. The van der Waals surface area contributed by atoms with Crippen LogP contribution < -0.4 is 4.72 Å². The van der Waals surface area contributed by atoms with Crippen LogP contribution >= 0.6 is 0 Å². The van der Waals surface area contributed by atoms with Crippen LogP contribution in [0.3, 0.4) is 0 Å². The SMILES string of the molecule is O=S(O)CCNS(=O)(=O)C(F)(F)C(F)(F)C(F)(F)S(=O)(=O)O. The van der Waals surface area contributed by atoms with Gasteiger partial charge in [-0.05, 0) is 0 Å². The predicted octanol–water partition coefficient (Wildman–Crippen LogP) is -0.164. The van der Waals surface area contributed by atoms with Crippen molar-refractivity contribution in [2.45, 2.75) is 16.4 Å². The Hall–Kier alpha value is -0.490. The summed E-state index contributed by atoms with van der Waals surface area (Å²) in [5.41, 5.74) is 0. The van der Waals surface area contributed by atoms with Crippen molar-refractivity contribution < 1.29 is 56.5 Å². The first-order valence-electron chi connectivity index (χ1n) is 4.59. The molecule has 17 heteroatoms. The topological polar surface area (TPSA) is 138 Å². The monoisotopic (exact) mass is 403 g/mol. The van der Waals surface area contributed by atoms with Gasteiger partial charge in [-0.1, -0.05) is 0 Å². The van der Waals surface area contributed by atoms with Gasteiger partial charge in [-0.3, -0.25) is 4.55 Å². The van der Waals surface area contributed by atoms with Crippen LogP contribution in [0.5, 0.6) is 0 Å². The van der Waals surface area contributed by atoms with Crippen LogP contribution in [0.15, 0.2) is 0 Å². The van der Waals surface area contributed by atoms with Gasteiger partial charge < -0.3 is 4.55 Å². The number of hydrogen-bond acceptors (Lipinski definition) is 5. The lowest BCUT2D eigenvalue weighted by Crippen LogP contribution is -2.62. The molecule has 0 spiro atoms. The number of alkyl halides is 6. The van der Waals surface area contributed by atoms with Crippen LogP contribution in [0.2, 0.25) is 0 Å². The molecule has 1 atom stereocenters. The van der Waals surface area contributed by atoms with Gasteiger partial charge in [0.2, 0.25) is 0 Å². The van der Waals surface area contributed by atoms with Crippen molar-refractivity contribution >= 4 is 31.2 Å². The van der Waals surface area contributed by atoms with Gasteiger partial charge in [0.1, 0.15) is 0 Å². The Labute approximate surface area is 122 Å².